The summed E-state index contributed by atoms with van der Waals surface area (Å²) in [6, 6.07) is 8.35. The molecule has 1 aromatic carbocycles. The first kappa shape index (κ1) is 16.9. The van der Waals surface area contributed by atoms with Crippen molar-refractivity contribution in [2.24, 2.45) is 5.92 Å². The summed E-state index contributed by atoms with van der Waals surface area (Å²) in [6.07, 6.45) is 3.15. The van der Waals surface area contributed by atoms with Crippen LogP contribution < -0.4 is 10.2 Å². The van der Waals surface area contributed by atoms with Crippen LogP contribution in [0.2, 0.25) is 0 Å². The molecule has 1 aliphatic heterocycles. The fraction of sp³-hybridized carbons (Fsp3) is 0.526. The number of alkyl halides is 2. The topological polar surface area (TPSA) is 32.3 Å². The maximum atomic E-state index is 13.5. The minimum Gasteiger partial charge on any atom is -0.368 e. The molecule has 0 radical (unpaired) electrons. The number of benzene rings is 1. The van der Waals surface area contributed by atoms with Crippen LogP contribution in [0.3, 0.4) is 0 Å². The van der Waals surface area contributed by atoms with E-state index in [0.29, 0.717) is 19.4 Å². The van der Waals surface area contributed by atoms with Gasteiger partial charge in [-0.15, -0.1) is 0 Å². The van der Waals surface area contributed by atoms with E-state index in [1.165, 1.54) is 17.3 Å². The molecule has 1 fully saturated rings. The van der Waals surface area contributed by atoms with Crippen LogP contribution in [0, 0.1) is 5.92 Å². The van der Waals surface area contributed by atoms with Crippen molar-refractivity contribution >= 4 is 11.6 Å². The van der Waals surface area contributed by atoms with E-state index in [-0.39, 0.29) is 30.7 Å². The Morgan fingerprint density at radius 3 is 2.75 bits per heavy atom. The molecule has 3 rings (SSSR count). The number of hydrogen-bond donors (Lipinski definition) is 1. The fourth-order valence-electron chi connectivity index (χ4n) is 3.85. The van der Waals surface area contributed by atoms with Crippen LogP contribution in [0.25, 0.3) is 0 Å². The molecule has 130 valence electrons. The Morgan fingerprint density at radius 1 is 1.33 bits per heavy atom. The third-order valence-electron chi connectivity index (χ3n) is 5.14. The summed E-state index contributed by atoms with van der Waals surface area (Å²) in [6.45, 7) is 4.85. The summed E-state index contributed by atoms with van der Waals surface area (Å²) < 4.78 is 27.0. The van der Waals surface area contributed by atoms with Gasteiger partial charge in [-0.3, -0.25) is 4.79 Å². The summed E-state index contributed by atoms with van der Waals surface area (Å²) in [5.74, 6) is -2.40. The molecule has 0 spiro atoms. The lowest BCUT2D eigenvalue weighted by Crippen LogP contribution is -2.48. The zero-order chi connectivity index (χ0) is 17.2. The molecule has 1 aliphatic carbocycles. The Kier molecular flexibility index (Phi) is 4.88. The van der Waals surface area contributed by atoms with Gasteiger partial charge in [-0.2, -0.15) is 0 Å². The van der Waals surface area contributed by atoms with Gasteiger partial charge in [-0.1, -0.05) is 24.8 Å². The first-order valence-corrected chi connectivity index (χ1v) is 8.61. The van der Waals surface area contributed by atoms with E-state index in [9.17, 15) is 13.6 Å². The van der Waals surface area contributed by atoms with E-state index in [1.54, 1.807) is 0 Å². The van der Waals surface area contributed by atoms with Crippen LogP contribution in [0.15, 0.2) is 36.9 Å². The molecule has 1 N–H and O–H groups in total. The van der Waals surface area contributed by atoms with Gasteiger partial charge < -0.3 is 10.2 Å². The fourth-order valence-corrected chi connectivity index (χ4v) is 3.85. The highest BCUT2D eigenvalue weighted by Crippen LogP contribution is 2.39. The van der Waals surface area contributed by atoms with Crippen LogP contribution in [0.1, 0.15) is 31.2 Å². The van der Waals surface area contributed by atoms with Crippen LogP contribution >= 0.6 is 0 Å². The number of nitrogens with zero attached hydrogens (tertiary/aromatic N) is 1. The molecular weight excluding hydrogens is 310 g/mol. The number of hydrogen-bond acceptors (Lipinski definition) is 2. The Morgan fingerprint density at radius 2 is 2.04 bits per heavy atom. The van der Waals surface area contributed by atoms with Gasteiger partial charge in [0.1, 0.15) is 0 Å². The van der Waals surface area contributed by atoms with Gasteiger partial charge in [0.15, 0.2) is 0 Å². The number of carbonyl (C=O) groups is 1. The highest BCUT2D eigenvalue weighted by Gasteiger charge is 2.38. The van der Waals surface area contributed by atoms with Gasteiger partial charge >= 0.3 is 0 Å². The van der Waals surface area contributed by atoms with Crippen molar-refractivity contribution in [3.8, 4) is 0 Å². The predicted octanol–water partition coefficient (Wildman–Crippen LogP) is 3.55. The quantitative estimate of drug-likeness (QED) is 0.854. The summed E-state index contributed by atoms with van der Waals surface area (Å²) in [5.41, 5.74) is 2.40. The van der Waals surface area contributed by atoms with Gasteiger partial charge in [0.05, 0.1) is 0 Å². The van der Waals surface area contributed by atoms with Gasteiger partial charge in [-0.25, -0.2) is 8.78 Å². The maximum absolute atomic E-state index is 13.5. The lowest BCUT2D eigenvalue weighted by atomic mass is 9.86. The minimum absolute atomic E-state index is 0.0335. The van der Waals surface area contributed by atoms with E-state index >= 15 is 0 Å². The maximum Gasteiger partial charge on any atom is 0.248 e. The lowest BCUT2D eigenvalue weighted by molar-refractivity contribution is -0.116. The van der Waals surface area contributed by atoms with E-state index in [2.05, 4.69) is 28.9 Å². The molecule has 1 unspecified atom stereocenters. The summed E-state index contributed by atoms with van der Waals surface area (Å²) >= 11 is 0. The van der Waals surface area contributed by atoms with Crippen molar-refractivity contribution in [3.63, 3.8) is 0 Å². The molecule has 0 saturated heterocycles. The lowest BCUT2D eigenvalue weighted by Gasteiger charge is -2.44. The van der Waals surface area contributed by atoms with E-state index in [4.69, 9.17) is 0 Å². The van der Waals surface area contributed by atoms with Crippen molar-refractivity contribution in [3.05, 3.63) is 42.5 Å². The zero-order valence-corrected chi connectivity index (χ0v) is 13.8. The molecule has 1 aromatic rings. The highest BCUT2D eigenvalue weighted by atomic mass is 19.3. The molecule has 24 heavy (non-hydrogen) atoms. The van der Waals surface area contributed by atoms with E-state index in [1.807, 2.05) is 12.1 Å². The normalized spacial score (nSPS) is 23.4. The largest absolute Gasteiger partial charge is 0.368 e. The molecule has 1 saturated carbocycles. The second-order valence-electron chi connectivity index (χ2n) is 6.89. The molecule has 1 heterocycles. The number of rotatable bonds is 4. The number of anilines is 1. The Bertz CT molecular complexity index is 607. The first-order chi connectivity index (χ1) is 11.5. The molecule has 2 aliphatic rings. The average Bonchev–Trinajstić information content (AvgIpc) is 2.59. The molecule has 5 heteroatoms. The Hall–Kier alpha value is -1.91. The van der Waals surface area contributed by atoms with E-state index < -0.39 is 5.92 Å². The summed E-state index contributed by atoms with van der Waals surface area (Å²) in [4.78, 5) is 13.7. The molecule has 1 amide bonds. The standard InChI is InChI=1S/C19H24F2N2O/c1-2-18(24)22-12-14-11-15-5-3-4-6-17(15)23(13-14)16-7-9-19(20,21)10-8-16/h2-6,14,16H,1,7-13H2,(H,22,24). The zero-order valence-electron chi connectivity index (χ0n) is 13.8. The van der Waals surface area contributed by atoms with Crippen molar-refractivity contribution < 1.29 is 13.6 Å². The number of fused-ring (bicyclic) bond motifs is 1. The van der Waals surface area contributed by atoms with Crippen molar-refractivity contribution in [2.45, 2.75) is 44.1 Å². The van der Waals surface area contributed by atoms with Crippen molar-refractivity contribution in [2.75, 3.05) is 18.0 Å². The molecular formula is C19H24F2N2O. The van der Waals surface area contributed by atoms with Crippen LogP contribution in [0.5, 0.6) is 0 Å². The minimum atomic E-state index is -2.51. The smallest absolute Gasteiger partial charge is 0.248 e. The predicted molar refractivity (Wildman–Crippen MR) is 91.4 cm³/mol. The van der Waals surface area contributed by atoms with Gasteiger partial charge in [0, 0.05) is 37.7 Å². The Labute approximate surface area is 141 Å². The summed E-state index contributed by atoms with van der Waals surface area (Å²) in [7, 11) is 0. The molecule has 1 atom stereocenters. The second kappa shape index (κ2) is 6.91. The average molecular weight is 334 g/mol. The molecule has 3 nitrogen and oxygen atoms in total. The Balaban J connectivity index is 1.74. The number of para-hydroxylation sites is 1. The van der Waals surface area contributed by atoms with Crippen molar-refractivity contribution in [1.82, 2.24) is 5.32 Å². The number of halogens is 2. The second-order valence-corrected chi connectivity index (χ2v) is 6.89. The van der Waals surface area contributed by atoms with Crippen LogP contribution in [0.4, 0.5) is 14.5 Å². The number of nitrogens with one attached hydrogen (secondary N) is 1. The number of carbonyl (C=O) groups excluding carboxylic acids is 1. The first-order valence-electron chi connectivity index (χ1n) is 8.61. The van der Waals surface area contributed by atoms with Gasteiger partial charge in [0.25, 0.3) is 0 Å². The highest BCUT2D eigenvalue weighted by molar-refractivity contribution is 5.86. The third kappa shape index (κ3) is 3.77. The van der Waals surface area contributed by atoms with Crippen LogP contribution in [-0.4, -0.2) is 31.0 Å². The number of amides is 1. The third-order valence-corrected chi connectivity index (χ3v) is 5.14. The molecule has 0 bridgehead atoms. The van der Waals surface area contributed by atoms with Gasteiger partial charge in [0.2, 0.25) is 11.8 Å². The van der Waals surface area contributed by atoms with E-state index in [0.717, 1.165) is 13.0 Å². The van der Waals surface area contributed by atoms with Crippen molar-refractivity contribution in [1.29, 1.82) is 0 Å². The summed E-state index contributed by atoms with van der Waals surface area (Å²) in [5, 5.41) is 2.87. The SMILES string of the molecule is C=CC(=O)NCC1Cc2ccccc2N(C2CCC(F)(F)CC2)C1. The monoisotopic (exact) mass is 334 g/mol. The van der Waals surface area contributed by atoms with Gasteiger partial charge in [-0.05, 0) is 42.9 Å². The van der Waals surface area contributed by atoms with Crippen LogP contribution in [-0.2, 0) is 11.2 Å². The molecule has 0 aromatic heterocycles.